The summed E-state index contributed by atoms with van der Waals surface area (Å²) in [6.07, 6.45) is 0.146. The number of hydrogen-bond acceptors (Lipinski definition) is 2. The number of rotatable bonds is 3. The summed E-state index contributed by atoms with van der Waals surface area (Å²) in [6, 6.07) is 11.4. The summed E-state index contributed by atoms with van der Waals surface area (Å²) < 4.78 is 13.8. The third-order valence-corrected chi connectivity index (χ3v) is 4.67. The Morgan fingerprint density at radius 3 is 2.62 bits per heavy atom. The maximum absolute atomic E-state index is 13.0. The number of amides is 2. The largest absolute Gasteiger partial charge is 0.325 e. The van der Waals surface area contributed by atoms with E-state index in [1.807, 2.05) is 25.1 Å². The minimum absolute atomic E-state index is 0.135. The first-order valence-corrected chi connectivity index (χ1v) is 8.36. The molecule has 4 nitrogen and oxygen atoms in total. The van der Waals surface area contributed by atoms with Crippen molar-refractivity contribution in [2.75, 3.05) is 16.8 Å². The first-order chi connectivity index (χ1) is 11.4. The van der Waals surface area contributed by atoms with Crippen LogP contribution < -0.4 is 10.2 Å². The molecule has 0 saturated carbocycles. The average Bonchev–Trinajstić information content (AvgIpc) is 2.93. The van der Waals surface area contributed by atoms with E-state index >= 15 is 0 Å². The van der Waals surface area contributed by atoms with E-state index in [4.69, 9.17) is 0 Å². The maximum atomic E-state index is 13.0. The third-order valence-electron chi connectivity index (χ3n) is 4.02. The van der Waals surface area contributed by atoms with Gasteiger partial charge in [-0.2, -0.15) is 0 Å². The minimum atomic E-state index is -0.434. The molecular weight excluding hydrogens is 375 g/mol. The van der Waals surface area contributed by atoms with Crippen LogP contribution in [0, 0.1) is 18.7 Å². The van der Waals surface area contributed by atoms with E-state index in [9.17, 15) is 14.0 Å². The van der Waals surface area contributed by atoms with E-state index < -0.39 is 5.92 Å². The molecule has 1 fully saturated rings. The lowest BCUT2D eigenvalue weighted by Crippen LogP contribution is -2.28. The summed E-state index contributed by atoms with van der Waals surface area (Å²) in [6.45, 7) is 2.26. The Kier molecular flexibility index (Phi) is 4.66. The summed E-state index contributed by atoms with van der Waals surface area (Å²) in [7, 11) is 0. The molecule has 0 aromatic heterocycles. The molecule has 1 heterocycles. The van der Waals surface area contributed by atoms with E-state index in [1.54, 1.807) is 12.1 Å². The van der Waals surface area contributed by atoms with Crippen LogP contribution >= 0.6 is 15.9 Å². The second-order valence-electron chi connectivity index (χ2n) is 5.85. The molecule has 6 heteroatoms. The number of carbonyl (C=O) groups is 2. The lowest BCUT2D eigenvalue weighted by atomic mass is 10.1. The summed E-state index contributed by atoms with van der Waals surface area (Å²) in [4.78, 5) is 26.2. The topological polar surface area (TPSA) is 49.4 Å². The fourth-order valence-electron chi connectivity index (χ4n) is 2.71. The molecule has 2 aromatic rings. The number of benzene rings is 2. The standard InChI is InChI=1S/C18H16BrFN2O2/c1-11-2-7-16(15(19)8-11)21-18(24)12-9-17(23)22(10-12)14-5-3-13(20)4-6-14/h2-8,12H,9-10H2,1H3,(H,21,24). The molecule has 124 valence electrons. The number of hydrogen-bond donors (Lipinski definition) is 1. The Morgan fingerprint density at radius 1 is 1.25 bits per heavy atom. The highest BCUT2D eigenvalue weighted by atomic mass is 79.9. The van der Waals surface area contributed by atoms with Gasteiger partial charge in [-0.3, -0.25) is 9.59 Å². The van der Waals surface area contributed by atoms with Crippen molar-refractivity contribution in [2.24, 2.45) is 5.92 Å². The van der Waals surface area contributed by atoms with Crippen molar-refractivity contribution in [3.63, 3.8) is 0 Å². The molecule has 1 unspecified atom stereocenters. The van der Waals surface area contributed by atoms with Crippen LogP contribution in [0.15, 0.2) is 46.9 Å². The molecule has 1 aliphatic heterocycles. The average molecular weight is 391 g/mol. The van der Waals surface area contributed by atoms with E-state index in [-0.39, 0.29) is 24.1 Å². The Morgan fingerprint density at radius 2 is 1.96 bits per heavy atom. The molecule has 2 amide bonds. The van der Waals surface area contributed by atoms with Gasteiger partial charge in [-0.15, -0.1) is 0 Å². The molecule has 24 heavy (non-hydrogen) atoms. The molecule has 3 rings (SSSR count). The zero-order valence-electron chi connectivity index (χ0n) is 13.1. The summed E-state index contributed by atoms with van der Waals surface area (Å²) in [5, 5.41) is 2.86. The predicted octanol–water partition coefficient (Wildman–Crippen LogP) is 3.89. The van der Waals surface area contributed by atoms with Crippen LogP contribution in [0.2, 0.25) is 0 Å². The Hall–Kier alpha value is -2.21. The van der Waals surface area contributed by atoms with E-state index in [0.717, 1.165) is 10.0 Å². The second-order valence-corrected chi connectivity index (χ2v) is 6.71. The Bertz CT molecular complexity index is 792. The molecule has 2 aromatic carbocycles. The smallest absolute Gasteiger partial charge is 0.229 e. The Labute approximate surface area is 147 Å². The molecule has 0 bridgehead atoms. The van der Waals surface area contributed by atoms with E-state index in [1.165, 1.54) is 17.0 Å². The van der Waals surface area contributed by atoms with Crippen molar-refractivity contribution in [2.45, 2.75) is 13.3 Å². The molecule has 1 aliphatic rings. The van der Waals surface area contributed by atoms with Crippen molar-refractivity contribution < 1.29 is 14.0 Å². The van der Waals surface area contributed by atoms with Gasteiger partial charge in [0.05, 0.1) is 11.6 Å². The normalized spacial score (nSPS) is 17.2. The summed E-state index contributed by atoms with van der Waals surface area (Å²) in [5.41, 5.74) is 2.37. The maximum Gasteiger partial charge on any atom is 0.229 e. The van der Waals surface area contributed by atoms with Gasteiger partial charge in [0.1, 0.15) is 5.82 Å². The number of aryl methyl sites for hydroxylation is 1. The van der Waals surface area contributed by atoms with Crippen molar-refractivity contribution in [1.82, 2.24) is 0 Å². The Balaban J connectivity index is 1.70. The van der Waals surface area contributed by atoms with Crippen LogP contribution in [0.25, 0.3) is 0 Å². The third kappa shape index (κ3) is 3.48. The highest BCUT2D eigenvalue weighted by Crippen LogP contribution is 2.28. The number of halogens is 2. The van der Waals surface area contributed by atoms with Gasteiger partial charge >= 0.3 is 0 Å². The molecular formula is C18H16BrFN2O2. The molecule has 0 spiro atoms. The lowest BCUT2D eigenvalue weighted by molar-refractivity contribution is -0.122. The SMILES string of the molecule is Cc1ccc(NC(=O)C2CC(=O)N(c3ccc(F)cc3)C2)c(Br)c1. The molecule has 0 aliphatic carbocycles. The monoisotopic (exact) mass is 390 g/mol. The highest BCUT2D eigenvalue weighted by molar-refractivity contribution is 9.10. The number of nitrogens with zero attached hydrogens (tertiary/aromatic N) is 1. The van der Waals surface area contributed by atoms with Gasteiger partial charge in [0.15, 0.2) is 0 Å². The van der Waals surface area contributed by atoms with Gasteiger partial charge in [-0.25, -0.2) is 4.39 Å². The highest BCUT2D eigenvalue weighted by Gasteiger charge is 2.35. The van der Waals surface area contributed by atoms with E-state index in [2.05, 4.69) is 21.2 Å². The fourth-order valence-corrected chi connectivity index (χ4v) is 3.30. The molecule has 1 saturated heterocycles. The number of nitrogens with one attached hydrogen (secondary N) is 1. The van der Waals surface area contributed by atoms with Crippen molar-refractivity contribution in [1.29, 1.82) is 0 Å². The van der Waals surface area contributed by atoms with Crippen LogP contribution in [0.5, 0.6) is 0 Å². The van der Waals surface area contributed by atoms with Gasteiger partial charge in [-0.05, 0) is 64.8 Å². The van der Waals surface area contributed by atoms with Crippen molar-refractivity contribution >= 4 is 39.1 Å². The number of carbonyl (C=O) groups excluding carboxylic acids is 2. The summed E-state index contributed by atoms with van der Waals surface area (Å²) in [5.74, 6) is -1.12. The van der Waals surface area contributed by atoms with Gasteiger partial charge in [0.2, 0.25) is 11.8 Å². The summed E-state index contributed by atoms with van der Waals surface area (Å²) >= 11 is 3.42. The van der Waals surface area contributed by atoms with Gasteiger partial charge in [0.25, 0.3) is 0 Å². The second kappa shape index (κ2) is 6.73. The van der Waals surface area contributed by atoms with Crippen molar-refractivity contribution in [3.05, 3.63) is 58.3 Å². The quantitative estimate of drug-likeness (QED) is 0.863. The number of anilines is 2. The zero-order valence-corrected chi connectivity index (χ0v) is 14.6. The first-order valence-electron chi connectivity index (χ1n) is 7.57. The van der Waals surface area contributed by atoms with E-state index in [0.29, 0.717) is 17.9 Å². The van der Waals surface area contributed by atoms with Crippen LogP contribution in [-0.4, -0.2) is 18.4 Å². The predicted molar refractivity (Wildman–Crippen MR) is 94.4 cm³/mol. The molecule has 1 atom stereocenters. The fraction of sp³-hybridized carbons (Fsp3) is 0.222. The lowest BCUT2D eigenvalue weighted by Gasteiger charge is -2.17. The van der Waals surface area contributed by atoms with Crippen LogP contribution in [0.3, 0.4) is 0 Å². The van der Waals surface area contributed by atoms with Gasteiger partial charge in [0, 0.05) is 23.1 Å². The van der Waals surface area contributed by atoms with Crippen LogP contribution in [0.4, 0.5) is 15.8 Å². The van der Waals surface area contributed by atoms with Crippen LogP contribution in [-0.2, 0) is 9.59 Å². The van der Waals surface area contributed by atoms with Crippen LogP contribution in [0.1, 0.15) is 12.0 Å². The zero-order chi connectivity index (χ0) is 17.3. The molecule has 1 N–H and O–H groups in total. The van der Waals surface area contributed by atoms with Crippen molar-refractivity contribution in [3.8, 4) is 0 Å². The molecule has 0 radical (unpaired) electrons. The van der Waals surface area contributed by atoms with Gasteiger partial charge < -0.3 is 10.2 Å². The van der Waals surface area contributed by atoms with Gasteiger partial charge in [-0.1, -0.05) is 6.07 Å². The minimum Gasteiger partial charge on any atom is -0.325 e. The first kappa shape index (κ1) is 16.6.